The van der Waals surface area contributed by atoms with Gasteiger partial charge < -0.3 is 10.1 Å². The number of carbonyl (C=O) groups is 2. The average molecular weight is 475 g/mol. The number of aromatic nitrogens is 1. The Morgan fingerprint density at radius 1 is 1.13 bits per heavy atom. The van der Waals surface area contributed by atoms with Gasteiger partial charge in [-0.3, -0.25) is 9.59 Å². The first-order valence-corrected chi connectivity index (χ1v) is 11.8. The van der Waals surface area contributed by atoms with Crippen LogP contribution >= 0.6 is 36.6 Å². The molecule has 1 heterocycles. The monoisotopic (exact) mass is 474 g/mol. The van der Waals surface area contributed by atoms with Crippen molar-refractivity contribution in [2.45, 2.75) is 18.9 Å². The molecule has 0 spiro atoms. The molecule has 0 saturated heterocycles. The first kappa shape index (κ1) is 25.0. The highest BCUT2D eigenvalue weighted by Crippen LogP contribution is 2.22. The Hall–Kier alpha value is -2.29. The Kier molecular flexibility index (Phi) is 10.1. The van der Waals surface area contributed by atoms with Gasteiger partial charge in [0.2, 0.25) is 0 Å². The molecule has 0 fully saturated rings. The molecule has 0 saturated carbocycles. The second kappa shape index (κ2) is 12.5. The standard InChI is InChI=1S/C23H24N2O3S2.H2S/c1-28-18-10-8-17(9-11-18)23(27)25-19(12-13-29-2)21(26)14-22-24-20(15-30-22)16-6-4-3-5-7-16;/h3-11,15,19H,12-14H2,1-2H3,(H,25,27);1H2/t19-;/m0./s1. The molecule has 1 N–H and O–H groups in total. The van der Waals surface area contributed by atoms with Crippen LogP contribution in [0.3, 0.4) is 0 Å². The quantitative estimate of drug-likeness (QED) is 0.465. The van der Waals surface area contributed by atoms with Gasteiger partial charge in [0.25, 0.3) is 5.91 Å². The number of Topliss-reactive ketones (excluding diaryl/α,β-unsaturated/α-hetero) is 1. The highest BCUT2D eigenvalue weighted by Gasteiger charge is 2.22. The van der Waals surface area contributed by atoms with Crippen molar-refractivity contribution in [3.8, 4) is 17.0 Å². The van der Waals surface area contributed by atoms with E-state index in [-0.39, 0.29) is 31.6 Å². The van der Waals surface area contributed by atoms with E-state index >= 15 is 0 Å². The Balaban J connectivity index is 0.00000341. The lowest BCUT2D eigenvalue weighted by Crippen LogP contribution is -2.42. The van der Waals surface area contributed by atoms with Crippen LogP contribution in [0.5, 0.6) is 5.75 Å². The first-order chi connectivity index (χ1) is 14.6. The molecular formula is C23H26N2O3S3. The van der Waals surface area contributed by atoms with Gasteiger partial charge in [-0.15, -0.1) is 11.3 Å². The lowest BCUT2D eigenvalue weighted by atomic mass is 10.1. The van der Waals surface area contributed by atoms with Crippen LogP contribution in [0.1, 0.15) is 21.8 Å². The Bertz CT molecular complexity index is 975. The van der Waals surface area contributed by atoms with Crippen LogP contribution in [0, 0.1) is 0 Å². The van der Waals surface area contributed by atoms with E-state index in [4.69, 9.17) is 4.74 Å². The summed E-state index contributed by atoms with van der Waals surface area (Å²) in [7, 11) is 1.58. The second-order valence-electron chi connectivity index (χ2n) is 6.67. The molecule has 1 amide bonds. The zero-order valence-electron chi connectivity index (χ0n) is 17.5. The number of carbonyl (C=O) groups excluding carboxylic acids is 2. The Morgan fingerprint density at radius 3 is 2.48 bits per heavy atom. The number of ether oxygens (including phenoxy) is 1. The molecule has 1 aromatic heterocycles. The summed E-state index contributed by atoms with van der Waals surface area (Å²) < 4.78 is 5.13. The number of benzene rings is 2. The van der Waals surface area contributed by atoms with Gasteiger partial charge in [-0.2, -0.15) is 25.3 Å². The van der Waals surface area contributed by atoms with Gasteiger partial charge in [0.1, 0.15) is 10.8 Å². The number of hydrogen-bond donors (Lipinski definition) is 1. The van der Waals surface area contributed by atoms with E-state index in [9.17, 15) is 9.59 Å². The fraction of sp³-hybridized carbons (Fsp3) is 0.261. The topological polar surface area (TPSA) is 68.3 Å². The molecule has 1 atom stereocenters. The van der Waals surface area contributed by atoms with Crippen LogP contribution in [0.15, 0.2) is 60.0 Å². The summed E-state index contributed by atoms with van der Waals surface area (Å²) in [6, 6.07) is 16.2. The summed E-state index contributed by atoms with van der Waals surface area (Å²) in [6.07, 6.45) is 2.78. The lowest BCUT2D eigenvalue weighted by molar-refractivity contribution is -0.120. The third-order valence-electron chi connectivity index (χ3n) is 4.60. The third kappa shape index (κ3) is 7.12. The highest BCUT2D eigenvalue weighted by atomic mass is 32.2. The number of hydrogen-bond acceptors (Lipinski definition) is 6. The van der Waals surface area contributed by atoms with Crippen molar-refractivity contribution in [1.82, 2.24) is 10.3 Å². The fourth-order valence-electron chi connectivity index (χ4n) is 2.94. The molecule has 164 valence electrons. The van der Waals surface area contributed by atoms with Crippen LogP contribution in [0.4, 0.5) is 0 Å². The number of nitrogens with zero attached hydrogens (tertiary/aromatic N) is 1. The van der Waals surface area contributed by atoms with Crippen LogP contribution < -0.4 is 10.1 Å². The van der Waals surface area contributed by atoms with Crippen molar-refractivity contribution < 1.29 is 14.3 Å². The number of thioether (sulfide) groups is 1. The molecule has 8 heteroatoms. The summed E-state index contributed by atoms with van der Waals surface area (Å²) in [5.74, 6) is 1.17. The predicted octanol–water partition coefficient (Wildman–Crippen LogP) is 4.59. The second-order valence-corrected chi connectivity index (χ2v) is 8.60. The number of ketones is 1. The van der Waals surface area contributed by atoms with E-state index in [1.807, 2.05) is 42.0 Å². The summed E-state index contributed by atoms with van der Waals surface area (Å²) >= 11 is 3.12. The molecular weight excluding hydrogens is 448 g/mol. The molecule has 0 aliphatic carbocycles. The summed E-state index contributed by atoms with van der Waals surface area (Å²) in [6.45, 7) is 0. The van der Waals surface area contributed by atoms with Crippen LogP contribution in [0.25, 0.3) is 11.3 Å². The molecule has 3 rings (SSSR count). The Labute approximate surface area is 198 Å². The molecule has 0 radical (unpaired) electrons. The lowest BCUT2D eigenvalue weighted by Gasteiger charge is -2.17. The van der Waals surface area contributed by atoms with Crippen LogP contribution in [0.2, 0.25) is 0 Å². The van der Waals surface area contributed by atoms with E-state index < -0.39 is 6.04 Å². The average Bonchev–Trinajstić information content (AvgIpc) is 3.25. The zero-order valence-corrected chi connectivity index (χ0v) is 20.1. The van der Waals surface area contributed by atoms with Crippen molar-refractivity contribution in [1.29, 1.82) is 0 Å². The number of thiazole rings is 1. The number of amides is 1. The molecule has 2 aromatic carbocycles. The largest absolute Gasteiger partial charge is 0.497 e. The smallest absolute Gasteiger partial charge is 0.251 e. The van der Waals surface area contributed by atoms with Crippen molar-refractivity contribution in [2.75, 3.05) is 19.1 Å². The molecule has 3 aromatic rings. The van der Waals surface area contributed by atoms with Gasteiger partial charge >= 0.3 is 0 Å². The van der Waals surface area contributed by atoms with E-state index in [0.717, 1.165) is 22.0 Å². The minimum atomic E-state index is -0.545. The van der Waals surface area contributed by atoms with E-state index in [0.29, 0.717) is 17.7 Å². The van der Waals surface area contributed by atoms with Gasteiger partial charge in [-0.1, -0.05) is 30.3 Å². The van der Waals surface area contributed by atoms with Crippen LogP contribution in [-0.4, -0.2) is 41.8 Å². The van der Waals surface area contributed by atoms with Gasteiger partial charge in [-0.05, 0) is 42.7 Å². The van der Waals surface area contributed by atoms with E-state index in [2.05, 4.69) is 10.3 Å². The normalized spacial score (nSPS) is 11.3. The number of methoxy groups -OCH3 is 1. The van der Waals surface area contributed by atoms with Crippen molar-refractivity contribution in [3.05, 3.63) is 70.5 Å². The molecule has 0 bridgehead atoms. The maximum Gasteiger partial charge on any atom is 0.251 e. The van der Waals surface area contributed by atoms with Gasteiger partial charge in [0.15, 0.2) is 5.78 Å². The molecule has 31 heavy (non-hydrogen) atoms. The molecule has 0 aliphatic heterocycles. The van der Waals surface area contributed by atoms with Crippen molar-refractivity contribution in [2.24, 2.45) is 0 Å². The summed E-state index contributed by atoms with van der Waals surface area (Å²) in [5.41, 5.74) is 2.39. The van der Waals surface area contributed by atoms with Gasteiger partial charge in [0.05, 0.1) is 25.3 Å². The minimum absolute atomic E-state index is 0. The van der Waals surface area contributed by atoms with E-state index in [1.165, 1.54) is 11.3 Å². The minimum Gasteiger partial charge on any atom is -0.497 e. The summed E-state index contributed by atoms with van der Waals surface area (Å²) in [4.78, 5) is 30.2. The third-order valence-corrected chi connectivity index (χ3v) is 6.10. The molecule has 0 unspecified atom stereocenters. The number of nitrogens with one attached hydrogen (secondary N) is 1. The van der Waals surface area contributed by atoms with Crippen molar-refractivity contribution >= 4 is 48.3 Å². The SMILES string of the molecule is COc1ccc(C(=O)N[C@@H](CCSC)C(=O)Cc2nc(-c3ccccc3)cs2)cc1.S. The van der Waals surface area contributed by atoms with Crippen LogP contribution in [-0.2, 0) is 11.2 Å². The van der Waals surface area contributed by atoms with E-state index in [1.54, 1.807) is 43.1 Å². The molecule has 5 nitrogen and oxygen atoms in total. The fourth-order valence-corrected chi connectivity index (χ4v) is 4.22. The van der Waals surface area contributed by atoms with Crippen molar-refractivity contribution in [3.63, 3.8) is 0 Å². The highest BCUT2D eigenvalue weighted by molar-refractivity contribution is 7.98. The Morgan fingerprint density at radius 2 is 1.84 bits per heavy atom. The van der Waals surface area contributed by atoms with Gasteiger partial charge in [-0.25, -0.2) is 4.98 Å². The summed E-state index contributed by atoms with van der Waals surface area (Å²) in [5, 5.41) is 5.62. The number of rotatable bonds is 10. The molecule has 0 aliphatic rings. The zero-order chi connectivity index (χ0) is 21.3. The van der Waals surface area contributed by atoms with Gasteiger partial charge in [0, 0.05) is 16.5 Å². The maximum atomic E-state index is 13.0. The maximum absolute atomic E-state index is 13.0. The predicted molar refractivity (Wildman–Crippen MR) is 134 cm³/mol. The first-order valence-electron chi connectivity index (χ1n) is 9.57.